The van der Waals surface area contributed by atoms with Gasteiger partial charge in [-0.3, -0.25) is 4.79 Å². The van der Waals surface area contributed by atoms with Crippen molar-refractivity contribution in [2.24, 2.45) is 0 Å². The Morgan fingerprint density at radius 3 is 2.67 bits per heavy atom. The molecule has 0 aromatic heterocycles. The van der Waals surface area contributed by atoms with Gasteiger partial charge in [0, 0.05) is 25.7 Å². The van der Waals surface area contributed by atoms with Crippen molar-refractivity contribution in [1.29, 1.82) is 0 Å². The zero-order valence-corrected chi connectivity index (χ0v) is 12.5. The number of rotatable bonds is 7. The van der Waals surface area contributed by atoms with Crippen LogP contribution in [0.4, 0.5) is 4.39 Å². The van der Waals surface area contributed by atoms with Gasteiger partial charge in [-0.05, 0) is 56.4 Å². The van der Waals surface area contributed by atoms with Gasteiger partial charge in [-0.2, -0.15) is 0 Å². The lowest BCUT2D eigenvalue weighted by atomic mass is 9.95. The van der Waals surface area contributed by atoms with Crippen molar-refractivity contribution in [3.8, 4) is 0 Å². The highest BCUT2D eigenvalue weighted by atomic mass is 19.1. The zero-order valence-electron chi connectivity index (χ0n) is 12.5. The summed E-state index contributed by atoms with van der Waals surface area (Å²) in [6.07, 6.45) is 5.97. The van der Waals surface area contributed by atoms with E-state index in [1.54, 1.807) is 7.11 Å². The molecule has 0 heterocycles. The van der Waals surface area contributed by atoms with E-state index >= 15 is 0 Å². The van der Waals surface area contributed by atoms with Gasteiger partial charge in [0.15, 0.2) is 5.78 Å². The van der Waals surface area contributed by atoms with Gasteiger partial charge in [0.05, 0.1) is 12.2 Å². The number of hydrogen-bond acceptors (Lipinski definition) is 3. The predicted molar refractivity (Wildman–Crippen MR) is 79.0 cm³/mol. The van der Waals surface area contributed by atoms with E-state index in [9.17, 15) is 9.18 Å². The van der Waals surface area contributed by atoms with Gasteiger partial charge in [0.25, 0.3) is 0 Å². The fourth-order valence-electron chi connectivity index (χ4n) is 2.73. The normalized spacial score (nSPS) is 22.2. The number of Topliss-reactive ketones (excluding diaryl/α,β-unsaturated/α-hetero) is 1. The molecule has 116 valence electrons. The lowest BCUT2D eigenvalue weighted by Crippen LogP contribution is -2.27. The number of ether oxygens (including phenoxy) is 2. The molecule has 1 fully saturated rings. The second-order valence-electron chi connectivity index (χ2n) is 5.55. The molecular weight excluding hydrogens is 271 g/mol. The third-order valence-electron chi connectivity index (χ3n) is 3.98. The molecule has 2 atom stereocenters. The van der Waals surface area contributed by atoms with Gasteiger partial charge in [0.1, 0.15) is 5.82 Å². The van der Waals surface area contributed by atoms with Crippen LogP contribution in [0.25, 0.3) is 0 Å². The quantitative estimate of drug-likeness (QED) is 0.567. The number of methoxy groups -OCH3 is 1. The molecule has 4 heteroatoms. The summed E-state index contributed by atoms with van der Waals surface area (Å²) < 4.78 is 24.0. The van der Waals surface area contributed by atoms with Gasteiger partial charge in [0.2, 0.25) is 0 Å². The molecule has 1 aromatic rings. The molecule has 3 nitrogen and oxygen atoms in total. The lowest BCUT2D eigenvalue weighted by Gasteiger charge is -2.28. The second kappa shape index (κ2) is 8.25. The van der Waals surface area contributed by atoms with Gasteiger partial charge in [-0.15, -0.1) is 0 Å². The van der Waals surface area contributed by atoms with Crippen molar-refractivity contribution in [2.45, 2.75) is 50.7 Å². The molecule has 1 aliphatic rings. The van der Waals surface area contributed by atoms with Crippen LogP contribution in [0, 0.1) is 5.82 Å². The molecule has 2 rings (SSSR count). The molecule has 1 saturated carbocycles. The van der Waals surface area contributed by atoms with Gasteiger partial charge in [-0.25, -0.2) is 4.39 Å². The van der Waals surface area contributed by atoms with Crippen molar-refractivity contribution in [1.82, 2.24) is 0 Å². The van der Waals surface area contributed by atoms with Crippen LogP contribution in [-0.4, -0.2) is 31.7 Å². The highest BCUT2D eigenvalue weighted by Crippen LogP contribution is 2.23. The van der Waals surface area contributed by atoms with E-state index in [-0.39, 0.29) is 17.7 Å². The molecule has 2 unspecified atom stereocenters. The summed E-state index contributed by atoms with van der Waals surface area (Å²) >= 11 is 0. The first-order valence-electron chi connectivity index (χ1n) is 7.62. The maximum atomic E-state index is 12.8. The molecule has 0 N–H and O–H groups in total. The zero-order chi connectivity index (χ0) is 15.1. The fourth-order valence-corrected chi connectivity index (χ4v) is 2.73. The van der Waals surface area contributed by atoms with E-state index in [4.69, 9.17) is 9.47 Å². The van der Waals surface area contributed by atoms with Crippen molar-refractivity contribution >= 4 is 5.78 Å². The Bertz CT molecular complexity index is 444. The Morgan fingerprint density at radius 1 is 1.24 bits per heavy atom. The topological polar surface area (TPSA) is 35.5 Å². The van der Waals surface area contributed by atoms with Crippen LogP contribution in [0.5, 0.6) is 0 Å². The third-order valence-corrected chi connectivity index (χ3v) is 3.98. The molecule has 21 heavy (non-hydrogen) atoms. The van der Waals surface area contributed by atoms with Crippen LogP contribution in [0.1, 0.15) is 48.9 Å². The number of benzene rings is 1. The van der Waals surface area contributed by atoms with Crippen LogP contribution in [0.15, 0.2) is 24.3 Å². The van der Waals surface area contributed by atoms with Crippen LogP contribution in [-0.2, 0) is 9.47 Å². The van der Waals surface area contributed by atoms with Crippen LogP contribution in [0.2, 0.25) is 0 Å². The van der Waals surface area contributed by atoms with E-state index in [1.807, 2.05) is 0 Å². The molecule has 1 aromatic carbocycles. The van der Waals surface area contributed by atoms with Crippen LogP contribution < -0.4 is 0 Å². The monoisotopic (exact) mass is 294 g/mol. The smallest absolute Gasteiger partial charge is 0.162 e. The van der Waals surface area contributed by atoms with Crippen LogP contribution in [0.3, 0.4) is 0 Å². The number of ketones is 1. The number of carbonyl (C=O) groups excluding carboxylic acids is 1. The SMILES string of the molecule is COC1CCCC(OCCCC(=O)c2ccc(F)cc2)C1. The van der Waals surface area contributed by atoms with E-state index < -0.39 is 0 Å². The van der Waals surface area contributed by atoms with E-state index in [0.29, 0.717) is 31.1 Å². The first-order chi connectivity index (χ1) is 10.2. The van der Waals surface area contributed by atoms with E-state index in [0.717, 1.165) is 25.7 Å². The van der Waals surface area contributed by atoms with Gasteiger partial charge >= 0.3 is 0 Å². The molecule has 0 radical (unpaired) electrons. The van der Waals surface area contributed by atoms with Crippen molar-refractivity contribution in [3.05, 3.63) is 35.6 Å². The van der Waals surface area contributed by atoms with Crippen molar-refractivity contribution in [2.75, 3.05) is 13.7 Å². The summed E-state index contributed by atoms with van der Waals surface area (Å²) in [5, 5.41) is 0. The van der Waals surface area contributed by atoms with E-state index in [1.165, 1.54) is 24.3 Å². The third kappa shape index (κ3) is 5.21. The van der Waals surface area contributed by atoms with Crippen molar-refractivity contribution in [3.63, 3.8) is 0 Å². The summed E-state index contributed by atoms with van der Waals surface area (Å²) in [5.41, 5.74) is 0.563. The number of hydrogen-bond donors (Lipinski definition) is 0. The molecular formula is C17H23FO3. The maximum Gasteiger partial charge on any atom is 0.162 e. The lowest BCUT2D eigenvalue weighted by molar-refractivity contribution is -0.0300. The predicted octanol–water partition coefficient (Wildman–Crippen LogP) is 3.76. The van der Waals surface area contributed by atoms with Crippen LogP contribution >= 0.6 is 0 Å². The Kier molecular flexibility index (Phi) is 6.33. The molecule has 1 aliphatic carbocycles. The molecule has 0 amide bonds. The number of halogens is 1. The summed E-state index contributed by atoms with van der Waals surface area (Å²) in [6, 6.07) is 5.69. The van der Waals surface area contributed by atoms with Gasteiger partial charge in [-0.1, -0.05) is 0 Å². The minimum Gasteiger partial charge on any atom is -0.381 e. The Morgan fingerprint density at radius 2 is 1.95 bits per heavy atom. The second-order valence-corrected chi connectivity index (χ2v) is 5.55. The highest BCUT2D eigenvalue weighted by Gasteiger charge is 2.21. The first-order valence-corrected chi connectivity index (χ1v) is 7.62. The molecule has 0 bridgehead atoms. The standard InChI is InChI=1S/C17H23FO3/c1-20-15-4-2-5-16(12-15)21-11-3-6-17(19)13-7-9-14(18)10-8-13/h7-10,15-16H,2-6,11-12H2,1H3. The summed E-state index contributed by atoms with van der Waals surface area (Å²) in [7, 11) is 1.74. The average Bonchev–Trinajstić information content (AvgIpc) is 2.52. The Balaban J connectivity index is 1.65. The summed E-state index contributed by atoms with van der Waals surface area (Å²) in [4.78, 5) is 11.9. The molecule has 0 spiro atoms. The largest absolute Gasteiger partial charge is 0.381 e. The minimum absolute atomic E-state index is 0.0389. The number of carbonyl (C=O) groups is 1. The highest BCUT2D eigenvalue weighted by molar-refractivity contribution is 5.95. The first kappa shape index (κ1) is 16.1. The Labute approximate surface area is 125 Å². The summed E-state index contributed by atoms with van der Waals surface area (Å²) in [6.45, 7) is 0.591. The van der Waals surface area contributed by atoms with Gasteiger partial charge < -0.3 is 9.47 Å². The fraction of sp³-hybridized carbons (Fsp3) is 0.588. The molecule has 0 saturated heterocycles. The maximum absolute atomic E-state index is 12.8. The van der Waals surface area contributed by atoms with E-state index in [2.05, 4.69) is 0 Å². The summed E-state index contributed by atoms with van der Waals surface area (Å²) in [5.74, 6) is -0.281. The average molecular weight is 294 g/mol. The van der Waals surface area contributed by atoms with Crippen molar-refractivity contribution < 1.29 is 18.7 Å². The Hall–Kier alpha value is -1.26. The molecule has 0 aliphatic heterocycles. The minimum atomic E-state index is -0.320.